The summed E-state index contributed by atoms with van der Waals surface area (Å²) in [6.45, 7) is 8.51. The molecule has 8 heteroatoms. The fourth-order valence-corrected chi connectivity index (χ4v) is 2.97. The zero-order valence-corrected chi connectivity index (χ0v) is 16.1. The number of nitrogens with one attached hydrogen (secondary N) is 1. The number of pyridine rings is 1. The summed E-state index contributed by atoms with van der Waals surface area (Å²) in [4.78, 5) is 22.3. The van der Waals surface area contributed by atoms with Crippen LogP contribution in [0.2, 0.25) is 0 Å². The fraction of sp³-hybridized carbons (Fsp3) is 0.579. The zero-order chi connectivity index (χ0) is 19.3. The Bertz CT molecular complexity index is 733. The summed E-state index contributed by atoms with van der Waals surface area (Å²) < 4.78 is 10.7. The van der Waals surface area contributed by atoms with E-state index in [0.717, 1.165) is 38.0 Å². The summed E-state index contributed by atoms with van der Waals surface area (Å²) >= 11 is 0. The number of ether oxygens (including phenoxy) is 1. The van der Waals surface area contributed by atoms with Gasteiger partial charge in [0, 0.05) is 31.0 Å². The molecule has 0 unspecified atom stereocenters. The lowest BCUT2D eigenvalue weighted by Crippen LogP contribution is -2.43. The predicted molar refractivity (Wildman–Crippen MR) is 99.8 cm³/mol. The molecule has 0 radical (unpaired) electrons. The van der Waals surface area contributed by atoms with E-state index in [9.17, 15) is 4.79 Å². The summed E-state index contributed by atoms with van der Waals surface area (Å²) in [7, 11) is 0. The average Bonchev–Trinajstić information content (AvgIpc) is 3.10. The number of piperidine rings is 1. The van der Waals surface area contributed by atoms with Crippen molar-refractivity contribution in [3.63, 3.8) is 0 Å². The van der Waals surface area contributed by atoms with Crippen LogP contribution in [0.4, 0.5) is 4.79 Å². The van der Waals surface area contributed by atoms with E-state index in [1.165, 1.54) is 0 Å². The van der Waals surface area contributed by atoms with Crippen LogP contribution < -0.4 is 5.32 Å². The second-order valence-corrected chi connectivity index (χ2v) is 7.79. The van der Waals surface area contributed by atoms with Gasteiger partial charge in [0.05, 0.1) is 6.54 Å². The van der Waals surface area contributed by atoms with Gasteiger partial charge in [-0.1, -0.05) is 5.16 Å². The first-order chi connectivity index (χ1) is 12.9. The van der Waals surface area contributed by atoms with Crippen molar-refractivity contribution < 1.29 is 14.1 Å². The first kappa shape index (κ1) is 19.3. The molecular formula is C19H27N5O3. The Morgan fingerprint density at radius 3 is 2.67 bits per heavy atom. The Labute approximate surface area is 159 Å². The number of carbonyl (C=O) groups excluding carboxylic acids is 1. The average molecular weight is 373 g/mol. The largest absolute Gasteiger partial charge is 0.444 e. The number of aromatic nitrogens is 3. The molecule has 0 spiro atoms. The molecule has 1 saturated heterocycles. The Balaban J connectivity index is 1.39. The molecule has 1 aliphatic rings. The predicted octanol–water partition coefficient (Wildman–Crippen LogP) is 2.87. The van der Waals surface area contributed by atoms with Crippen LogP contribution in [0.15, 0.2) is 29.0 Å². The van der Waals surface area contributed by atoms with Crippen molar-refractivity contribution in [1.29, 1.82) is 0 Å². The Morgan fingerprint density at radius 1 is 1.30 bits per heavy atom. The summed E-state index contributed by atoms with van der Waals surface area (Å²) in [5.74, 6) is 1.65. The molecule has 0 aliphatic carbocycles. The molecule has 0 bridgehead atoms. The third-order valence-electron chi connectivity index (χ3n) is 4.38. The van der Waals surface area contributed by atoms with Crippen molar-refractivity contribution in [2.45, 2.75) is 45.8 Å². The van der Waals surface area contributed by atoms with Crippen LogP contribution in [0.3, 0.4) is 0 Å². The molecule has 3 rings (SSSR count). The molecule has 2 aromatic rings. The first-order valence-electron chi connectivity index (χ1n) is 9.32. The highest BCUT2D eigenvalue weighted by molar-refractivity contribution is 5.68. The summed E-state index contributed by atoms with van der Waals surface area (Å²) in [5, 5.41) is 7.37. The van der Waals surface area contributed by atoms with Crippen LogP contribution in [0, 0.1) is 5.92 Å². The smallest absolute Gasteiger partial charge is 0.410 e. The molecule has 2 aromatic heterocycles. The monoisotopic (exact) mass is 373 g/mol. The van der Waals surface area contributed by atoms with Crippen molar-refractivity contribution >= 4 is 6.09 Å². The van der Waals surface area contributed by atoms with Crippen molar-refractivity contribution in [3.8, 4) is 11.4 Å². The van der Waals surface area contributed by atoms with E-state index in [1.54, 1.807) is 17.3 Å². The van der Waals surface area contributed by atoms with Gasteiger partial charge < -0.3 is 19.5 Å². The minimum absolute atomic E-state index is 0.219. The molecule has 0 atom stereocenters. The number of nitrogens with zero attached hydrogens (tertiary/aromatic N) is 4. The number of likely N-dealkylation sites (tertiary alicyclic amines) is 1. The molecule has 27 heavy (non-hydrogen) atoms. The molecule has 1 fully saturated rings. The standard InChI is InChI=1S/C19H27N5O3/c1-19(2,3)26-18(25)24-10-6-14(7-11-24)12-21-13-16-22-17(23-27-16)15-4-8-20-9-5-15/h4-5,8-9,14,21H,6-7,10-13H2,1-3H3. The van der Waals surface area contributed by atoms with Gasteiger partial charge in [-0.05, 0) is 58.2 Å². The molecule has 3 heterocycles. The Kier molecular flexibility index (Phi) is 6.05. The quantitative estimate of drug-likeness (QED) is 0.861. The van der Waals surface area contributed by atoms with E-state index in [-0.39, 0.29) is 6.09 Å². The summed E-state index contributed by atoms with van der Waals surface area (Å²) in [6, 6.07) is 3.70. The number of amides is 1. The van der Waals surface area contributed by atoms with Crippen LogP contribution >= 0.6 is 0 Å². The number of hydrogen-bond acceptors (Lipinski definition) is 7. The molecule has 0 aromatic carbocycles. The maximum absolute atomic E-state index is 12.1. The van der Waals surface area contributed by atoms with Crippen molar-refractivity contribution in [3.05, 3.63) is 30.4 Å². The van der Waals surface area contributed by atoms with Gasteiger partial charge in [0.2, 0.25) is 11.7 Å². The number of carbonyl (C=O) groups is 1. The molecule has 1 N–H and O–H groups in total. The third kappa shape index (κ3) is 5.75. The number of rotatable bonds is 5. The molecule has 1 aliphatic heterocycles. The molecule has 1 amide bonds. The lowest BCUT2D eigenvalue weighted by atomic mass is 9.97. The molecule has 8 nitrogen and oxygen atoms in total. The van der Waals surface area contributed by atoms with E-state index in [4.69, 9.17) is 9.26 Å². The molecule has 0 saturated carbocycles. The first-order valence-corrected chi connectivity index (χ1v) is 9.32. The maximum atomic E-state index is 12.1. The highest BCUT2D eigenvalue weighted by Gasteiger charge is 2.26. The van der Waals surface area contributed by atoms with E-state index in [1.807, 2.05) is 32.9 Å². The topological polar surface area (TPSA) is 93.4 Å². The number of hydrogen-bond donors (Lipinski definition) is 1. The lowest BCUT2D eigenvalue weighted by molar-refractivity contribution is 0.0184. The zero-order valence-electron chi connectivity index (χ0n) is 16.1. The molecule has 146 valence electrons. The Morgan fingerprint density at radius 2 is 2.00 bits per heavy atom. The summed E-state index contributed by atoms with van der Waals surface area (Å²) in [6.07, 6.45) is 5.10. The highest BCUT2D eigenvalue weighted by atomic mass is 16.6. The fourth-order valence-electron chi connectivity index (χ4n) is 2.97. The van der Waals surface area contributed by atoms with Gasteiger partial charge in [-0.3, -0.25) is 4.98 Å². The third-order valence-corrected chi connectivity index (χ3v) is 4.38. The van der Waals surface area contributed by atoms with E-state index < -0.39 is 5.60 Å². The van der Waals surface area contributed by atoms with Crippen LogP contribution in [0.25, 0.3) is 11.4 Å². The normalized spacial score (nSPS) is 15.7. The van der Waals surface area contributed by atoms with E-state index in [2.05, 4.69) is 20.4 Å². The molecular weight excluding hydrogens is 346 g/mol. The maximum Gasteiger partial charge on any atom is 0.410 e. The van der Waals surface area contributed by atoms with Gasteiger partial charge in [0.1, 0.15) is 5.60 Å². The minimum Gasteiger partial charge on any atom is -0.444 e. The van der Waals surface area contributed by atoms with Gasteiger partial charge in [-0.2, -0.15) is 4.98 Å². The van der Waals surface area contributed by atoms with Crippen LogP contribution in [0.5, 0.6) is 0 Å². The summed E-state index contributed by atoms with van der Waals surface area (Å²) in [5.41, 5.74) is 0.434. The van der Waals surface area contributed by atoms with Gasteiger partial charge in [0.25, 0.3) is 0 Å². The van der Waals surface area contributed by atoms with E-state index in [0.29, 0.717) is 24.2 Å². The SMILES string of the molecule is CC(C)(C)OC(=O)N1CCC(CNCc2nc(-c3ccncc3)no2)CC1. The highest BCUT2D eigenvalue weighted by Crippen LogP contribution is 2.19. The van der Waals surface area contributed by atoms with Gasteiger partial charge >= 0.3 is 6.09 Å². The van der Waals surface area contributed by atoms with Gasteiger partial charge in [0.15, 0.2) is 0 Å². The lowest BCUT2D eigenvalue weighted by Gasteiger charge is -2.33. The van der Waals surface area contributed by atoms with Crippen molar-refractivity contribution in [2.75, 3.05) is 19.6 Å². The minimum atomic E-state index is -0.450. The van der Waals surface area contributed by atoms with E-state index >= 15 is 0 Å². The second-order valence-electron chi connectivity index (χ2n) is 7.79. The van der Waals surface area contributed by atoms with Crippen LogP contribution in [0.1, 0.15) is 39.5 Å². The van der Waals surface area contributed by atoms with Gasteiger partial charge in [-0.15, -0.1) is 0 Å². The van der Waals surface area contributed by atoms with Crippen molar-refractivity contribution in [2.24, 2.45) is 5.92 Å². The second kappa shape index (κ2) is 8.47. The van der Waals surface area contributed by atoms with Crippen LogP contribution in [-0.4, -0.2) is 51.4 Å². The Hall–Kier alpha value is -2.48. The van der Waals surface area contributed by atoms with Gasteiger partial charge in [-0.25, -0.2) is 4.79 Å². The van der Waals surface area contributed by atoms with Crippen LogP contribution in [-0.2, 0) is 11.3 Å². The van der Waals surface area contributed by atoms with Crippen molar-refractivity contribution in [1.82, 2.24) is 25.3 Å².